The van der Waals surface area contributed by atoms with Gasteiger partial charge in [0, 0.05) is 19.6 Å². The van der Waals surface area contributed by atoms with Crippen molar-refractivity contribution in [1.82, 2.24) is 9.97 Å². The number of nitrogens with two attached hydrogens (primary N) is 1. The molecule has 0 aliphatic carbocycles. The molecule has 5 nitrogen and oxygen atoms in total. The normalized spacial score (nSPS) is 10.4. The third-order valence-corrected chi connectivity index (χ3v) is 2.68. The van der Waals surface area contributed by atoms with E-state index in [-0.39, 0.29) is 0 Å². The van der Waals surface area contributed by atoms with Crippen molar-refractivity contribution in [3.63, 3.8) is 0 Å². The molecule has 0 aliphatic rings. The maximum absolute atomic E-state index is 5.64. The zero-order valence-electron chi connectivity index (χ0n) is 10.9. The predicted molar refractivity (Wildman–Crippen MR) is 69.5 cm³/mol. The molecule has 96 valence electrons. The van der Waals surface area contributed by atoms with Crippen LogP contribution in [0.2, 0.25) is 0 Å². The van der Waals surface area contributed by atoms with Gasteiger partial charge in [-0.15, -0.1) is 0 Å². The standard InChI is InChI=1S/C12H22N4O/c1-4-5-7-16(8-6-13)11-10(2)12(17-3)15-9-14-11/h9H,4-8,13H2,1-3H3. The molecule has 17 heavy (non-hydrogen) atoms. The van der Waals surface area contributed by atoms with E-state index in [1.165, 1.54) is 6.33 Å². The summed E-state index contributed by atoms with van der Waals surface area (Å²) in [4.78, 5) is 10.6. The molecule has 0 aliphatic heterocycles. The average Bonchev–Trinajstić information content (AvgIpc) is 2.35. The second kappa shape index (κ2) is 7.06. The predicted octanol–water partition coefficient (Wildman–Crippen LogP) is 1.36. The van der Waals surface area contributed by atoms with Crippen LogP contribution in [0.3, 0.4) is 0 Å². The largest absolute Gasteiger partial charge is 0.481 e. The highest BCUT2D eigenvalue weighted by molar-refractivity contribution is 5.50. The van der Waals surface area contributed by atoms with Gasteiger partial charge in [-0.25, -0.2) is 9.97 Å². The first-order chi connectivity index (χ1) is 8.24. The van der Waals surface area contributed by atoms with Gasteiger partial charge >= 0.3 is 0 Å². The van der Waals surface area contributed by atoms with Gasteiger partial charge in [0.05, 0.1) is 12.7 Å². The molecular weight excluding hydrogens is 216 g/mol. The molecule has 0 unspecified atom stereocenters. The molecule has 0 amide bonds. The molecule has 1 rings (SSSR count). The molecule has 2 N–H and O–H groups in total. The summed E-state index contributed by atoms with van der Waals surface area (Å²) >= 11 is 0. The third-order valence-electron chi connectivity index (χ3n) is 2.68. The fourth-order valence-corrected chi connectivity index (χ4v) is 1.78. The Morgan fingerprint density at radius 1 is 1.35 bits per heavy atom. The van der Waals surface area contributed by atoms with E-state index in [1.807, 2.05) is 6.92 Å². The molecule has 0 fully saturated rings. The van der Waals surface area contributed by atoms with Gasteiger partial charge in [-0.05, 0) is 13.3 Å². The van der Waals surface area contributed by atoms with Crippen LogP contribution in [0.4, 0.5) is 5.82 Å². The molecule has 1 aromatic rings. The van der Waals surface area contributed by atoms with E-state index < -0.39 is 0 Å². The van der Waals surface area contributed by atoms with Crippen LogP contribution in [-0.2, 0) is 0 Å². The Labute approximate surface area is 103 Å². The first-order valence-electron chi connectivity index (χ1n) is 6.05. The highest BCUT2D eigenvalue weighted by Crippen LogP contribution is 2.23. The van der Waals surface area contributed by atoms with Gasteiger partial charge in [-0.1, -0.05) is 13.3 Å². The van der Waals surface area contributed by atoms with E-state index in [2.05, 4.69) is 21.8 Å². The van der Waals surface area contributed by atoms with Gasteiger partial charge in [0.15, 0.2) is 0 Å². The van der Waals surface area contributed by atoms with E-state index in [1.54, 1.807) is 7.11 Å². The van der Waals surface area contributed by atoms with Crippen LogP contribution in [0.5, 0.6) is 5.88 Å². The number of rotatable bonds is 7. The summed E-state index contributed by atoms with van der Waals surface area (Å²) in [5, 5.41) is 0. The number of hydrogen-bond acceptors (Lipinski definition) is 5. The number of aromatic nitrogens is 2. The molecule has 0 aromatic carbocycles. The highest BCUT2D eigenvalue weighted by atomic mass is 16.5. The number of anilines is 1. The molecule has 5 heteroatoms. The van der Waals surface area contributed by atoms with Crippen LogP contribution < -0.4 is 15.4 Å². The highest BCUT2D eigenvalue weighted by Gasteiger charge is 2.13. The van der Waals surface area contributed by atoms with Crippen molar-refractivity contribution >= 4 is 5.82 Å². The molecule has 0 saturated carbocycles. The van der Waals surface area contributed by atoms with Crippen molar-refractivity contribution in [2.75, 3.05) is 31.6 Å². The third kappa shape index (κ3) is 3.56. The van der Waals surface area contributed by atoms with Crippen LogP contribution in [-0.4, -0.2) is 36.7 Å². The molecular formula is C12H22N4O. The first-order valence-corrected chi connectivity index (χ1v) is 6.05. The van der Waals surface area contributed by atoms with Crippen LogP contribution in [0.25, 0.3) is 0 Å². The monoisotopic (exact) mass is 238 g/mol. The molecule has 0 saturated heterocycles. The topological polar surface area (TPSA) is 64.3 Å². The fourth-order valence-electron chi connectivity index (χ4n) is 1.78. The van der Waals surface area contributed by atoms with Gasteiger partial charge in [0.2, 0.25) is 5.88 Å². The summed E-state index contributed by atoms with van der Waals surface area (Å²) in [5.41, 5.74) is 6.61. The minimum atomic E-state index is 0.621. The van der Waals surface area contributed by atoms with E-state index in [0.717, 1.165) is 37.3 Å². The van der Waals surface area contributed by atoms with E-state index in [0.29, 0.717) is 12.4 Å². The molecule has 0 atom stereocenters. The number of ether oxygens (including phenoxy) is 1. The summed E-state index contributed by atoms with van der Waals surface area (Å²) in [5.74, 6) is 1.56. The van der Waals surface area contributed by atoms with Crippen molar-refractivity contribution in [3.8, 4) is 5.88 Å². The summed E-state index contributed by atoms with van der Waals surface area (Å²) in [6.45, 7) is 6.54. The van der Waals surface area contributed by atoms with E-state index in [9.17, 15) is 0 Å². The van der Waals surface area contributed by atoms with E-state index >= 15 is 0 Å². The summed E-state index contributed by atoms with van der Waals surface area (Å²) in [6, 6.07) is 0. The SMILES string of the molecule is CCCCN(CCN)c1ncnc(OC)c1C. The molecule has 1 aromatic heterocycles. The van der Waals surface area contributed by atoms with Gasteiger partial charge in [-0.2, -0.15) is 0 Å². The van der Waals surface area contributed by atoms with Gasteiger partial charge in [0.1, 0.15) is 12.1 Å². The molecule has 1 heterocycles. The van der Waals surface area contributed by atoms with Gasteiger partial charge in [-0.3, -0.25) is 0 Å². The minimum absolute atomic E-state index is 0.621. The number of methoxy groups -OCH3 is 1. The number of unbranched alkanes of at least 4 members (excludes halogenated alkanes) is 1. The zero-order valence-corrected chi connectivity index (χ0v) is 10.9. The van der Waals surface area contributed by atoms with Crippen molar-refractivity contribution < 1.29 is 4.74 Å². The van der Waals surface area contributed by atoms with Crippen LogP contribution in [0.1, 0.15) is 25.3 Å². The average molecular weight is 238 g/mol. The van der Waals surface area contributed by atoms with Gasteiger partial charge in [0.25, 0.3) is 0 Å². The Hall–Kier alpha value is -1.36. The van der Waals surface area contributed by atoms with E-state index in [4.69, 9.17) is 10.5 Å². The maximum atomic E-state index is 5.64. The van der Waals surface area contributed by atoms with Crippen molar-refractivity contribution in [1.29, 1.82) is 0 Å². The second-order valence-corrected chi connectivity index (χ2v) is 3.96. The Morgan fingerprint density at radius 3 is 2.71 bits per heavy atom. The second-order valence-electron chi connectivity index (χ2n) is 3.96. The molecule has 0 spiro atoms. The first kappa shape index (κ1) is 13.7. The van der Waals surface area contributed by atoms with Crippen LogP contribution >= 0.6 is 0 Å². The van der Waals surface area contributed by atoms with Crippen molar-refractivity contribution in [2.45, 2.75) is 26.7 Å². The zero-order chi connectivity index (χ0) is 12.7. The molecule has 0 radical (unpaired) electrons. The lowest BCUT2D eigenvalue weighted by Gasteiger charge is -2.24. The lowest BCUT2D eigenvalue weighted by atomic mass is 10.2. The summed E-state index contributed by atoms with van der Waals surface area (Å²) in [6.07, 6.45) is 3.82. The van der Waals surface area contributed by atoms with Crippen molar-refractivity contribution in [2.24, 2.45) is 5.73 Å². The minimum Gasteiger partial charge on any atom is -0.481 e. The quantitative estimate of drug-likeness (QED) is 0.777. The van der Waals surface area contributed by atoms with Crippen molar-refractivity contribution in [3.05, 3.63) is 11.9 Å². The lowest BCUT2D eigenvalue weighted by molar-refractivity contribution is 0.393. The summed E-state index contributed by atoms with van der Waals surface area (Å²) < 4.78 is 5.21. The molecule has 0 bridgehead atoms. The smallest absolute Gasteiger partial charge is 0.221 e. The van der Waals surface area contributed by atoms with Gasteiger partial charge < -0.3 is 15.4 Å². The Balaban J connectivity index is 2.92. The Morgan fingerprint density at radius 2 is 2.12 bits per heavy atom. The summed E-state index contributed by atoms with van der Waals surface area (Å²) in [7, 11) is 1.62. The fraction of sp³-hybridized carbons (Fsp3) is 0.667. The van der Waals surface area contributed by atoms with Crippen LogP contribution in [0, 0.1) is 6.92 Å². The van der Waals surface area contributed by atoms with Crippen LogP contribution in [0.15, 0.2) is 6.33 Å². The number of nitrogens with zero attached hydrogens (tertiary/aromatic N) is 3. The Kier molecular flexibility index (Phi) is 5.69. The maximum Gasteiger partial charge on any atom is 0.221 e. The Bertz CT molecular complexity index is 343. The number of hydrogen-bond donors (Lipinski definition) is 1. The lowest BCUT2D eigenvalue weighted by Crippen LogP contribution is -2.31.